The maximum atomic E-state index is 15.4. The molecule has 0 saturated carbocycles. The van der Waals surface area contributed by atoms with Gasteiger partial charge in [-0.25, -0.2) is 8.78 Å². The zero-order chi connectivity index (χ0) is 70.4. The molecular formula is C69H85F2N13O12S2. The Balaban J connectivity index is 1.04. The summed E-state index contributed by atoms with van der Waals surface area (Å²) in [5.41, 5.74) is 12.1. The fraction of sp³-hybridized carbons (Fsp3) is 0.449. The molecule has 98 heavy (non-hydrogen) atoms. The van der Waals surface area contributed by atoms with E-state index in [2.05, 4.69) is 47.2 Å². The van der Waals surface area contributed by atoms with E-state index in [0.717, 1.165) is 11.1 Å². The molecule has 29 heteroatoms. The van der Waals surface area contributed by atoms with Crippen LogP contribution in [0.5, 0.6) is 5.75 Å². The summed E-state index contributed by atoms with van der Waals surface area (Å²) in [6.07, 6.45) is 4.20. The molecular weight excluding hydrogens is 1300 g/mol. The molecule has 5 heterocycles. The number of primary amides is 1. The van der Waals surface area contributed by atoms with Gasteiger partial charge in [0.25, 0.3) is 0 Å². The molecule has 3 aliphatic heterocycles. The number of carbonyl (C=O) groups is 10. The van der Waals surface area contributed by atoms with Gasteiger partial charge in [-0.1, -0.05) is 36.4 Å². The van der Waals surface area contributed by atoms with Gasteiger partial charge in [0.1, 0.15) is 65.2 Å². The first-order chi connectivity index (χ1) is 46.8. The average Bonchev–Trinajstić information content (AvgIpc) is 1.59. The number of fused-ring (bicyclic) bond motifs is 6. The van der Waals surface area contributed by atoms with Gasteiger partial charge in [0.2, 0.25) is 59.1 Å². The Morgan fingerprint density at radius 3 is 1.94 bits per heavy atom. The number of aromatic hydroxyl groups is 1. The molecule has 0 radical (unpaired) electrons. The Bertz CT molecular complexity index is 3920. The van der Waals surface area contributed by atoms with Gasteiger partial charge in [0.15, 0.2) is 0 Å². The van der Waals surface area contributed by atoms with Crippen molar-refractivity contribution in [1.29, 1.82) is 0 Å². The smallest absolute Gasteiger partial charge is 0.246 e. The number of hydrogen-bond acceptors (Lipinski definition) is 15. The van der Waals surface area contributed by atoms with Gasteiger partial charge in [-0.2, -0.15) is 23.5 Å². The van der Waals surface area contributed by atoms with E-state index in [1.54, 1.807) is 6.92 Å². The van der Waals surface area contributed by atoms with Gasteiger partial charge in [-0.05, 0) is 149 Å². The van der Waals surface area contributed by atoms with E-state index in [9.17, 15) is 52.6 Å². The number of unbranched alkanes of at least 4 members (excludes halogenated alkanes) is 1. The standard InChI is InChI=1S/C69H85F2N13O12S2/c1-68(2,96)59-64(92)80-53(28-39-13-17-46(85)18-14-39)66(94)84-25-8-22-69(84,3)67(95)81-55(60(73)88)38-98-37-41-10-6-9-40(27-41)36-97-26-21-57(86)77-51(11-4-5-23-72)61(89)76-35-58(87)78-52(29-42-33-74-49-19-15-44(70)31-47(42)49)62(90)79-54(65(93)83-24-7-12-56(83)63(91)82-59)30-43-34-75-50-20-16-45(71)32-48(43)50/h6,9-10,13-20,27,31-34,51-56,59,74-75,85,96H,4-5,7-8,11-12,21-26,28-30,35-38,72H2,1-3H3,(H2,73,88)(H,76,89)(H,77,86)(H,78,87)(H,79,90)(H,80,92)(H,81,95)(H,82,91)/t51-,52-,53-,54-,55-,56-,59+,69-/m0/s1. The average molecular weight is 1390 g/mol. The Hall–Kier alpha value is -9.06. The third-order valence-corrected chi connectivity index (χ3v) is 20.1. The molecule has 2 fully saturated rings. The van der Waals surface area contributed by atoms with Crippen molar-refractivity contribution >= 4 is 104 Å². The normalized spacial score (nSPS) is 23.9. The first-order valence-electron chi connectivity index (χ1n) is 32.7. The lowest BCUT2D eigenvalue weighted by Crippen LogP contribution is -2.65. The molecule has 0 aliphatic carbocycles. The van der Waals surface area contributed by atoms with Crippen molar-refractivity contribution in [3.05, 3.63) is 137 Å². The van der Waals surface area contributed by atoms with E-state index in [1.165, 1.54) is 120 Å². The van der Waals surface area contributed by atoms with Gasteiger partial charge in [-0.3, -0.25) is 47.9 Å². The first kappa shape index (κ1) is 73.2. The number of halogens is 2. The Kier molecular flexibility index (Phi) is 24.6. The second-order valence-corrected chi connectivity index (χ2v) is 28.0. The highest BCUT2D eigenvalue weighted by Crippen LogP contribution is 2.32. The quantitative estimate of drug-likeness (QED) is 0.0784. The van der Waals surface area contributed by atoms with Crippen LogP contribution >= 0.6 is 23.5 Å². The number of thioether (sulfide) groups is 2. The number of aromatic amines is 2. The molecule has 9 rings (SSSR count). The SMILES string of the molecule is CC(C)(O)[C@@H]1NC(=O)[C@@H]2CCCN2C(=O)[C@H](Cc2c[nH]c3ccc(F)cc23)NC(=O)[C@H](Cc2c[nH]c3ccc(F)cc23)NC(=O)CNC(=O)[C@H](CCCCN)NC(=O)CCSCc2cccc(c2)CSC[C@@H](C(N)=O)NC(=O)[C@]2(C)CCCN2C(=O)[C@H](Cc2ccc(O)cc2)NC1=O. The Morgan fingerprint density at radius 2 is 1.30 bits per heavy atom. The van der Waals surface area contributed by atoms with Crippen LogP contribution in [-0.2, 0) is 78.7 Å². The van der Waals surface area contributed by atoms with Crippen molar-refractivity contribution in [3.8, 4) is 5.75 Å². The summed E-state index contributed by atoms with van der Waals surface area (Å²) in [5, 5.41) is 41.7. The van der Waals surface area contributed by atoms with Crippen molar-refractivity contribution in [2.45, 2.75) is 156 Å². The number of phenols is 1. The third-order valence-electron chi connectivity index (χ3n) is 18.0. The molecule has 6 aromatic rings. The molecule has 8 atom stereocenters. The minimum absolute atomic E-state index is 0.0234. The lowest BCUT2D eigenvalue weighted by Gasteiger charge is -2.38. The molecule has 2 saturated heterocycles. The number of carbonyl (C=O) groups excluding carboxylic acids is 10. The minimum atomic E-state index is -2.07. The van der Waals surface area contributed by atoms with Crippen LogP contribution in [0.3, 0.4) is 0 Å². The number of amides is 10. The highest BCUT2D eigenvalue weighted by atomic mass is 32.2. The van der Waals surface area contributed by atoms with Crippen LogP contribution in [0.15, 0.2) is 97.3 Å². The lowest BCUT2D eigenvalue weighted by molar-refractivity contribution is -0.148. The number of aromatic nitrogens is 2. The molecule has 2 bridgehead atoms. The van der Waals surface area contributed by atoms with Crippen LogP contribution in [-0.4, -0.2) is 180 Å². The maximum Gasteiger partial charge on any atom is 0.246 e. The van der Waals surface area contributed by atoms with Crippen LogP contribution < -0.4 is 48.7 Å². The maximum absolute atomic E-state index is 15.4. The number of H-pyrrole nitrogens is 2. The second-order valence-electron chi connectivity index (χ2n) is 25.9. The van der Waals surface area contributed by atoms with E-state index in [0.29, 0.717) is 81.6 Å². The van der Waals surface area contributed by atoms with Crippen LogP contribution in [0.1, 0.15) is 100.0 Å². The highest BCUT2D eigenvalue weighted by Gasteiger charge is 2.49. The lowest BCUT2D eigenvalue weighted by atomic mass is 9.94. The molecule has 524 valence electrons. The third kappa shape index (κ3) is 18.8. The van der Waals surface area contributed by atoms with Gasteiger partial charge < -0.3 is 78.7 Å². The molecule has 3 aliphatic rings. The summed E-state index contributed by atoms with van der Waals surface area (Å²) in [6, 6.07) is 11.4. The molecule has 0 spiro atoms. The van der Waals surface area contributed by atoms with Crippen molar-refractivity contribution in [1.82, 2.24) is 57.0 Å². The highest BCUT2D eigenvalue weighted by molar-refractivity contribution is 7.98. The van der Waals surface area contributed by atoms with E-state index in [4.69, 9.17) is 11.5 Å². The molecule has 2 aromatic heterocycles. The minimum Gasteiger partial charge on any atom is -0.508 e. The summed E-state index contributed by atoms with van der Waals surface area (Å²) in [4.78, 5) is 153. The number of rotatable bonds is 12. The van der Waals surface area contributed by atoms with Crippen molar-refractivity contribution in [2.75, 3.05) is 37.7 Å². The van der Waals surface area contributed by atoms with Gasteiger partial charge in [-0.15, -0.1) is 0 Å². The number of hydrogen-bond donors (Lipinski definition) is 13. The molecule has 0 unspecified atom stereocenters. The molecule has 25 nitrogen and oxygen atoms in total. The van der Waals surface area contributed by atoms with E-state index >= 15 is 14.4 Å². The largest absolute Gasteiger partial charge is 0.508 e. The first-order valence-corrected chi connectivity index (χ1v) is 35.0. The van der Waals surface area contributed by atoms with Crippen LogP contribution in [0.4, 0.5) is 8.78 Å². The van der Waals surface area contributed by atoms with Crippen LogP contribution in [0.2, 0.25) is 0 Å². The zero-order valence-corrected chi connectivity index (χ0v) is 56.4. The van der Waals surface area contributed by atoms with Crippen LogP contribution in [0, 0.1) is 11.6 Å². The van der Waals surface area contributed by atoms with Gasteiger partial charge >= 0.3 is 0 Å². The predicted octanol–water partition coefficient (Wildman–Crippen LogP) is 3.01. The van der Waals surface area contributed by atoms with Crippen molar-refractivity contribution in [3.63, 3.8) is 0 Å². The van der Waals surface area contributed by atoms with E-state index in [-0.39, 0.29) is 76.0 Å². The molecule has 4 aromatic carbocycles. The summed E-state index contributed by atoms with van der Waals surface area (Å²) in [6.45, 7) is 3.68. The number of nitrogens with zero attached hydrogens (tertiary/aromatic N) is 2. The van der Waals surface area contributed by atoms with Crippen molar-refractivity contribution in [2.24, 2.45) is 11.5 Å². The summed E-state index contributed by atoms with van der Waals surface area (Å²) < 4.78 is 29.8. The number of benzene rings is 4. The number of aliphatic hydroxyl groups is 1. The predicted molar refractivity (Wildman–Crippen MR) is 366 cm³/mol. The second kappa shape index (κ2) is 33.0. The monoisotopic (exact) mass is 1390 g/mol. The van der Waals surface area contributed by atoms with Gasteiger partial charge in [0.05, 0.1) is 12.1 Å². The zero-order valence-electron chi connectivity index (χ0n) is 54.8. The molecule has 15 N–H and O–H groups in total. The fourth-order valence-electron chi connectivity index (χ4n) is 12.7. The summed E-state index contributed by atoms with van der Waals surface area (Å²) in [7, 11) is 0. The Morgan fingerprint density at radius 1 is 0.673 bits per heavy atom. The Labute approximate surface area is 573 Å². The number of phenolic OH excluding ortho intramolecular Hbond substituents is 1. The van der Waals surface area contributed by atoms with E-state index in [1.807, 2.05) is 24.3 Å². The summed E-state index contributed by atoms with van der Waals surface area (Å²) >= 11 is 2.82. The van der Waals surface area contributed by atoms with Gasteiger partial charge in [0, 0.05) is 96.0 Å². The van der Waals surface area contributed by atoms with E-state index < -0.39 is 131 Å². The molecule has 10 amide bonds. The van der Waals surface area contributed by atoms with Crippen LogP contribution in [0.25, 0.3) is 21.8 Å². The number of nitrogens with one attached hydrogen (secondary N) is 9. The fourth-order valence-corrected chi connectivity index (χ4v) is 14.6. The summed E-state index contributed by atoms with van der Waals surface area (Å²) in [5.74, 6) is -7.80. The number of nitrogens with two attached hydrogens (primary N) is 2. The topological polar surface area (TPSA) is 385 Å². The van der Waals surface area contributed by atoms with Crippen molar-refractivity contribution < 1.29 is 66.9 Å².